The SMILES string of the molecule is O=C(CC(=O)c1ccccc1O)NCCO. The number of ketones is 1. The van der Waals surface area contributed by atoms with Crippen molar-refractivity contribution in [2.45, 2.75) is 6.42 Å². The number of benzene rings is 1. The Morgan fingerprint density at radius 3 is 2.56 bits per heavy atom. The molecule has 0 aliphatic heterocycles. The van der Waals surface area contributed by atoms with Crippen LogP contribution in [0.4, 0.5) is 0 Å². The normalized spacial score (nSPS) is 9.81. The van der Waals surface area contributed by atoms with Gasteiger partial charge >= 0.3 is 0 Å². The third kappa shape index (κ3) is 3.36. The highest BCUT2D eigenvalue weighted by Crippen LogP contribution is 2.17. The van der Waals surface area contributed by atoms with Crippen LogP contribution < -0.4 is 5.32 Å². The van der Waals surface area contributed by atoms with Gasteiger partial charge in [0.2, 0.25) is 5.91 Å². The minimum absolute atomic E-state index is 0.118. The summed E-state index contributed by atoms with van der Waals surface area (Å²) in [6.07, 6.45) is -0.336. The maximum absolute atomic E-state index is 11.6. The predicted molar refractivity (Wildman–Crippen MR) is 57.1 cm³/mol. The lowest BCUT2D eigenvalue weighted by molar-refractivity contribution is -0.120. The number of carbonyl (C=O) groups is 2. The van der Waals surface area contributed by atoms with E-state index in [2.05, 4.69) is 5.32 Å². The van der Waals surface area contributed by atoms with Crippen LogP contribution >= 0.6 is 0 Å². The van der Waals surface area contributed by atoms with E-state index in [1.165, 1.54) is 12.1 Å². The molecule has 1 aromatic carbocycles. The Labute approximate surface area is 92.7 Å². The molecule has 1 amide bonds. The molecule has 0 fully saturated rings. The fourth-order valence-electron chi connectivity index (χ4n) is 1.21. The largest absolute Gasteiger partial charge is 0.507 e. The molecule has 86 valence electrons. The van der Waals surface area contributed by atoms with Crippen LogP contribution in [0.15, 0.2) is 24.3 Å². The zero-order valence-corrected chi connectivity index (χ0v) is 8.64. The number of rotatable bonds is 5. The Bertz CT molecular complexity index is 389. The second-order valence-electron chi connectivity index (χ2n) is 3.19. The third-order valence-corrected chi connectivity index (χ3v) is 1.96. The summed E-state index contributed by atoms with van der Waals surface area (Å²) in [5.74, 6) is -1.06. The Kier molecular flexibility index (Phi) is 4.47. The van der Waals surface area contributed by atoms with Crippen molar-refractivity contribution in [2.75, 3.05) is 13.2 Å². The Morgan fingerprint density at radius 1 is 1.25 bits per heavy atom. The minimum Gasteiger partial charge on any atom is -0.507 e. The number of hydrogen-bond acceptors (Lipinski definition) is 4. The van der Waals surface area contributed by atoms with E-state index >= 15 is 0 Å². The predicted octanol–water partition coefficient (Wildman–Crippen LogP) is 0.0735. The number of phenolic OH excluding ortho intramolecular Hbond substituents is 1. The van der Waals surface area contributed by atoms with E-state index in [4.69, 9.17) is 5.11 Å². The lowest BCUT2D eigenvalue weighted by atomic mass is 10.1. The molecule has 0 saturated carbocycles. The molecule has 0 aliphatic carbocycles. The van der Waals surface area contributed by atoms with Gasteiger partial charge in [0.15, 0.2) is 5.78 Å². The molecule has 1 aromatic rings. The van der Waals surface area contributed by atoms with Crippen molar-refractivity contribution in [3.05, 3.63) is 29.8 Å². The van der Waals surface area contributed by atoms with Crippen LogP contribution in [0.1, 0.15) is 16.8 Å². The highest BCUT2D eigenvalue weighted by Gasteiger charge is 2.14. The molecule has 1 rings (SSSR count). The molecule has 5 nitrogen and oxygen atoms in total. The summed E-state index contributed by atoms with van der Waals surface area (Å²) in [4.78, 5) is 22.7. The maximum atomic E-state index is 11.6. The van der Waals surface area contributed by atoms with Crippen molar-refractivity contribution in [3.63, 3.8) is 0 Å². The number of phenols is 1. The third-order valence-electron chi connectivity index (χ3n) is 1.96. The number of aliphatic hydroxyl groups excluding tert-OH is 1. The van der Waals surface area contributed by atoms with Crippen molar-refractivity contribution < 1.29 is 19.8 Å². The summed E-state index contributed by atoms with van der Waals surface area (Å²) in [5, 5.41) is 20.2. The standard InChI is InChI=1S/C11H13NO4/c13-6-5-12-11(16)7-10(15)8-3-1-2-4-9(8)14/h1-4,13-14H,5-7H2,(H,12,16). The molecular formula is C11H13NO4. The van der Waals surface area contributed by atoms with Gasteiger partial charge in [-0.1, -0.05) is 12.1 Å². The summed E-state index contributed by atoms with van der Waals surface area (Å²) >= 11 is 0. The molecule has 0 radical (unpaired) electrons. The van der Waals surface area contributed by atoms with E-state index in [0.29, 0.717) is 0 Å². The van der Waals surface area contributed by atoms with Crippen LogP contribution in [0.25, 0.3) is 0 Å². The van der Waals surface area contributed by atoms with E-state index in [0.717, 1.165) is 0 Å². The van der Waals surface area contributed by atoms with E-state index in [1.54, 1.807) is 12.1 Å². The fourth-order valence-corrected chi connectivity index (χ4v) is 1.21. The van der Waals surface area contributed by atoms with Crippen LogP contribution in [0.3, 0.4) is 0 Å². The Morgan fingerprint density at radius 2 is 1.94 bits per heavy atom. The smallest absolute Gasteiger partial charge is 0.227 e. The van der Waals surface area contributed by atoms with Crippen LogP contribution in [0, 0.1) is 0 Å². The van der Waals surface area contributed by atoms with Crippen LogP contribution in [-0.4, -0.2) is 35.1 Å². The summed E-state index contributed by atoms with van der Waals surface area (Å²) < 4.78 is 0. The molecule has 16 heavy (non-hydrogen) atoms. The first kappa shape index (κ1) is 12.2. The van der Waals surface area contributed by atoms with E-state index < -0.39 is 11.7 Å². The molecule has 0 spiro atoms. The number of hydrogen-bond donors (Lipinski definition) is 3. The van der Waals surface area contributed by atoms with E-state index in [-0.39, 0.29) is 30.9 Å². The minimum atomic E-state index is -0.470. The van der Waals surface area contributed by atoms with Crippen LogP contribution in [-0.2, 0) is 4.79 Å². The van der Waals surface area contributed by atoms with Gasteiger partial charge < -0.3 is 15.5 Å². The summed E-state index contributed by atoms with van der Waals surface area (Å²) in [7, 11) is 0. The molecule has 0 bridgehead atoms. The van der Waals surface area contributed by atoms with E-state index in [9.17, 15) is 14.7 Å². The lowest BCUT2D eigenvalue weighted by Gasteiger charge is -2.04. The van der Waals surface area contributed by atoms with Crippen LogP contribution in [0.5, 0.6) is 5.75 Å². The molecule has 0 unspecified atom stereocenters. The Balaban J connectivity index is 2.59. The number of aliphatic hydroxyl groups is 1. The molecule has 3 N–H and O–H groups in total. The first-order valence-electron chi connectivity index (χ1n) is 4.84. The van der Waals surface area contributed by atoms with Crippen molar-refractivity contribution in [1.82, 2.24) is 5.32 Å². The highest BCUT2D eigenvalue weighted by atomic mass is 16.3. The zero-order chi connectivity index (χ0) is 12.0. The maximum Gasteiger partial charge on any atom is 0.227 e. The van der Waals surface area contributed by atoms with Gasteiger partial charge in [-0.15, -0.1) is 0 Å². The number of aromatic hydroxyl groups is 1. The summed E-state index contributed by atoms with van der Waals surface area (Å²) in [5.41, 5.74) is 0.127. The first-order valence-corrected chi connectivity index (χ1v) is 4.84. The number of carbonyl (C=O) groups excluding carboxylic acids is 2. The van der Waals surface area contributed by atoms with E-state index in [1.807, 2.05) is 0 Å². The van der Waals surface area contributed by atoms with Gasteiger partial charge in [-0.3, -0.25) is 9.59 Å². The molecule has 0 aromatic heterocycles. The van der Waals surface area contributed by atoms with Gasteiger partial charge in [-0.25, -0.2) is 0 Å². The van der Waals surface area contributed by atoms with Crippen LogP contribution in [0.2, 0.25) is 0 Å². The average molecular weight is 223 g/mol. The number of nitrogens with one attached hydrogen (secondary N) is 1. The molecule has 0 heterocycles. The van der Waals surface area contributed by atoms with Crippen molar-refractivity contribution in [3.8, 4) is 5.75 Å². The summed E-state index contributed by atoms with van der Waals surface area (Å²) in [6, 6.07) is 6.05. The number of para-hydroxylation sites is 1. The first-order chi connectivity index (χ1) is 7.65. The highest BCUT2D eigenvalue weighted by molar-refractivity contribution is 6.08. The van der Waals surface area contributed by atoms with Gasteiger partial charge in [-0.05, 0) is 12.1 Å². The van der Waals surface area contributed by atoms with Crippen molar-refractivity contribution in [2.24, 2.45) is 0 Å². The lowest BCUT2D eigenvalue weighted by Crippen LogP contribution is -2.28. The molecular weight excluding hydrogens is 210 g/mol. The second-order valence-corrected chi connectivity index (χ2v) is 3.19. The Hall–Kier alpha value is -1.88. The molecule has 0 atom stereocenters. The molecule has 0 saturated heterocycles. The number of amides is 1. The van der Waals surface area contributed by atoms with Gasteiger partial charge in [0.05, 0.1) is 18.6 Å². The summed E-state index contributed by atoms with van der Waals surface area (Å²) in [6.45, 7) is -0.0522. The van der Waals surface area contributed by atoms with Crippen molar-refractivity contribution in [1.29, 1.82) is 0 Å². The quantitative estimate of drug-likeness (QED) is 0.487. The van der Waals surface area contributed by atoms with Gasteiger partial charge in [-0.2, -0.15) is 0 Å². The average Bonchev–Trinajstić information content (AvgIpc) is 2.26. The van der Waals surface area contributed by atoms with Gasteiger partial charge in [0.25, 0.3) is 0 Å². The number of Topliss-reactive ketones (excluding diaryl/α,β-unsaturated/α-hetero) is 1. The fraction of sp³-hybridized carbons (Fsp3) is 0.273. The van der Waals surface area contributed by atoms with Gasteiger partial charge in [0, 0.05) is 6.54 Å². The molecule has 5 heteroatoms. The van der Waals surface area contributed by atoms with Crippen molar-refractivity contribution >= 4 is 11.7 Å². The monoisotopic (exact) mass is 223 g/mol. The topological polar surface area (TPSA) is 86.6 Å². The second kappa shape index (κ2) is 5.87. The van der Waals surface area contributed by atoms with Gasteiger partial charge in [0.1, 0.15) is 5.75 Å². The zero-order valence-electron chi connectivity index (χ0n) is 8.64. The molecule has 0 aliphatic rings.